The molecule has 2 saturated heterocycles. The molecule has 2 aliphatic heterocycles. The third-order valence-corrected chi connectivity index (χ3v) is 12.4. The number of nitrogens with zero attached hydrogens (tertiary/aromatic N) is 4. The molecule has 4 atom stereocenters. The number of phenolic OH excluding ortho intramolecular Hbond substituents is 1. The van der Waals surface area contributed by atoms with Gasteiger partial charge in [0.05, 0.1) is 25.3 Å². The minimum absolute atomic E-state index is 0.0126. The number of hydrogen-bond acceptors (Lipinski definition) is 12. The highest BCUT2D eigenvalue weighted by Gasteiger charge is 2.79. The molecule has 4 unspecified atom stereocenters. The summed E-state index contributed by atoms with van der Waals surface area (Å²) >= 11 is 0. The zero-order valence-corrected chi connectivity index (χ0v) is 36.1. The van der Waals surface area contributed by atoms with E-state index in [1.807, 2.05) is 38.1 Å². The summed E-state index contributed by atoms with van der Waals surface area (Å²) in [5.74, 6) is -0.423. The number of aromatic hydroxyl groups is 1. The standard InChI is InChI=1S/C49H50N8O8/c1-3-35-36(27-55-47(50)42(35)29-8-13-34(58)14-9-29)33-10-15-37(54-26-33)49(64)52-20-19-40(60)51-21-23-65-24-22-53-48(63)32-6-4-5-31(25-32)43-28(2)7-17-39(56-43)57-41(61)18-12-30-11-16-38(59)46(62)45(57)44(30)57/h4-11,13-17,25-27,30,44-45H,3,12,18-24H2,1-2H3,(H7-,50,51,52,53,54,55,58,59,60,62,63,64)/p+1. The molecule has 16 nitrogen and oxygen atoms in total. The molecule has 3 aromatic heterocycles. The average molecular weight is 880 g/mol. The summed E-state index contributed by atoms with van der Waals surface area (Å²) in [7, 11) is 0. The summed E-state index contributed by atoms with van der Waals surface area (Å²) < 4.78 is 5.48. The van der Waals surface area contributed by atoms with E-state index < -0.39 is 11.9 Å². The molecule has 2 aromatic carbocycles. The lowest BCUT2D eigenvalue weighted by molar-refractivity contribution is -0.128. The highest BCUT2D eigenvalue weighted by Crippen LogP contribution is 2.57. The summed E-state index contributed by atoms with van der Waals surface area (Å²) in [6, 6.07) is 20.1. The van der Waals surface area contributed by atoms with Gasteiger partial charge in [-0.05, 0) is 78.9 Å². The van der Waals surface area contributed by atoms with Gasteiger partial charge in [0.2, 0.25) is 23.5 Å². The summed E-state index contributed by atoms with van der Waals surface area (Å²) in [6.45, 7) is 4.93. The van der Waals surface area contributed by atoms with Gasteiger partial charge < -0.3 is 41.7 Å². The second-order valence-corrected chi connectivity index (χ2v) is 16.3. The molecule has 8 rings (SSSR count). The van der Waals surface area contributed by atoms with E-state index in [-0.39, 0.29) is 96.4 Å². The van der Waals surface area contributed by atoms with Crippen LogP contribution in [0.2, 0.25) is 0 Å². The van der Waals surface area contributed by atoms with Gasteiger partial charge in [0.1, 0.15) is 17.3 Å². The summed E-state index contributed by atoms with van der Waals surface area (Å²) in [4.78, 5) is 65.6. The van der Waals surface area contributed by atoms with Crippen LogP contribution in [0.25, 0.3) is 33.5 Å². The van der Waals surface area contributed by atoms with Gasteiger partial charge in [0.15, 0.2) is 11.8 Å². The number of amides is 4. The number of phenols is 1. The molecular weight excluding hydrogens is 829 g/mol. The van der Waals surface area contributed by atoms with Crippen molar-refractivity contribution in [1.29, 1.82) is 0 Å². The molecular formula is C49H51N8O8+. The van der Waals surface area contributed by atoms with E-state index in [9.17, 15) is 34.5 Å². The van der Waals surface area contributed by atoms with E-state index in [1.165, 1.54) is 6.08 Å². The van der Waals surface area contributed by atoms with Crippen molar-refractivity contribution < 1.29 is 39.2 Å². The molecule has 2 fully saturated rings. The number of hydrogen-bond donors (Lipinski definition) is 7. The number of aliphatic hydroxyl groups is 2. The fraction of sp³-hybridized carbons (Fsp3) is 0.286. The van der Waals surface area contributed by atoms with Crippen molar-refractivity contribution in [2.45, 2.75) is 51.6 Å². The average Bonchev–Trinajstić information content (AvgIpc) is 4.05. The van der Waals surface area contributed by atoms with E-state index >= 15 is 0 Å². The van der Waals surface area contributed by atoms with E-state index in [1.54, 1.807) is 67.0 Å². The predicted molar refractivity (Wildman–Crippen MR) is 244 cm³/mol. The molecule has 5 heterocycles. The molecule has 1 aliphatic carbocycles. The number of nitrogens with one attached hydrogen (secondary N) is 3. The number of carbonyl (C=O) groups excluding carboxylic acids is 4. The number of carbonyl (C=O) groups is 4. The number of pyridine rings is 3. The van der Waals surface area contributed by atoms with Crippen LogP contribution in [0.1, 0.15) is 58.2 Å². The first-order chi connectivity index (χ1) is 31.4. The molecule has 0 bridgehead atoms. The lowest BCUT2D eigenvalue weighted by atomic mass is 9.92. The number of aryl methyl sites for hydroxylation is 1. The quantitative estimate of drug-likeness (QED) is 0.0364. The number of benzene rings is 2. The number of fused-ring (bicyclic) bond motifs is 1. The molecule has 334 valence electrons. The van der Waals surface area contributed by atoms with E-state index in [2.05, 4.69) is 25.9 Å². The first-order valence-corrected chi connectivity index (χ1v) is 21.7. The number of rotatable bonds is 16. The zero-order valence-electron chi connectivity index (χ0n) is 36.1. The normalized spacial score (nSPS) is 19.5. The molecule has 0 spiro atoms. The Labute approximate surface area is 375 Å². The van der Waals surface area contributed by atoms with Gasteiger partial charge in [0.25, 0.3) is 11.8 Å². The van der Waals surface area contributed by atoms with Crippen LogP contribution in [-0.2, 0) is 20.7 Å². The van der Waals surface area contributed by atoms with Gasteiger partial charge >= 0.3 is 5.91 Å². The number of nitrogen functional groups attached to an aromatic ring is 1. The summed E-state index contributed by atoms with van der Waals surface area (Å²) in [5.41, 5.74) is 13.2. The number of aromatic nitrogens is 3. The second kappa shape index (κ2) is 18.7. The van der Waals surface area contributed by atoms with Gasteiger partial charge in [-0.25, -0.2) is 9.78 Å². The van der Waals surface area contributed by atoms with Crippen LogP contribution in [0.4, 0.5) is 11.6 Å². The Bertz CT molecular complexity index is 2720. The van der Waals surface area contributed by atoms with Crippen LogP contribution in [0, 0.1) is 12.8 Å². The maximum absolute atomic E-state index is 13.5. The van der Waals surface area contributed by atoms with Gasteiger partial charge in [-0.15, -0.1) is 0 Å². The molecule has 0 radical (unpaired) electrons. The highest BCUT2D eigenvalue weighted by molar-refractivity contribution is 5.97. The Morgan fingerprint density at radius 2 is 1.62 bits per heavy atom. The molecule has 4 amide bonds. The van der Waals surface area contributed by atoms with Gasteiger partial charge in [-0.1, -0.05) is 43.3 Å². The predicted octanol–water partition coefficient (Wildman–Crippen LogP) is 5.61. The van der Waals surface area contributed by atoms with Crippen LogP contribution in [0.5, 0.6) is 5.75 Å². The monoisotopic (exact) mass is 879 g/mol. The van der Waals surface area contributed by atoms with Crippen molar-refractivity contribution in [1.82, 2.24) is 35.4 Å². The van der Waals surface area contributed by atoms with Crippen LogP contribution < -0.4 is 26.2 Å². The Morgan fingerprint density at radius 3 is 2.37 bits per heavy atom. The number of anilines is 1. The number of piperidine rings is 1. The largest absolute Gasteiger partial charge is 0.508 e. The topological polar surface area (TPSA) is 239 Å². The lowest BCUT2D eigenvalue weighted by Crippen LogP contribution is -2.44. The fourth-order valence-electron chi connectivity index (χ4n) is 9.12. The maximum atomic E-state index is 13.5. The molecule has 65 heavy (non-hydrogen) atoms. The minimum atomic E-state index is -0.594. The first-order valence-electron chi connectivity index (χ1n) is 21.7. The number of ether oxygens (including phenoxy) is 1. The molecule has 5 aromatic rings. The van der Waals surface area contributed by atoms with Crippen molar-refractivity contribution in [3.05, 3.63) is 131 Å². The van der Waals surface area contributed by atoms with Crippen LogP contribution in [0.3, 0.4) is 0 Å². The van der Waals surface area contributed by atoms with E-state index in [0.29, 0.717) is 47.7 Å². The fourth-order valence-corrected chi connectivity index (χ4v) is 9.12. The number of quaternary nitrogens is 1. The Balaban J connectivity index is 0.759. The van der Waals surface area contributed by atoms with Crippen molar-refractivity contribution >= 4 is 35.3 Å². The number of allylic oxidation sites excluding steroid dienone is 1. The number of nitrogens with two attached hydrogens (primary N) is 1. The molecule has 16 heteroatoms. The van der Waals surface area contributed by atoms with E-state index in [0.717, 1.165) is 33.4 Å². The third-order valence-electron chi connectivity index (χ3n) is 12.4. The Hall–Kier alpha value is -7.43. The van der Waals surface area contributed by atoms with Crippen molar-refractivity contribution in [2.75, 3.05) is 38.6 Å². The third kappa shape index (κ3) is 8.77. The van der Waals surface area contributed by atoms with Gasteiger partial charge in [-0.3, -0.25) is 19.4 Å². The maximum Gasteiger partial charge on any atom is 0.321 e. The second-order valence-electron chi connectivity index (χ2n) is 16.3. The lowest BCUT2D eigenvalue weighted by Gasteiger charge is -2.25. The van der Waals surface area contributed by atoms with Crippen molar-refractivity contribution in [2.24, 2.45) is 5.92 Å². The molecule has 8 N–H and O–H groups in total. The van der Waals surface area contributed by atoms with Crippen molar-refractivity contribution in [3.63, 3.8) is 0 Å². The zero-order chi connectivity index (χ0) is 45.8. The summed E-state index contributed by atoms with van der Waals surface area (Å²) in [5, 5.41) is 39.4. The van der Waals surface area contributed by atoms with Crippen LogP contribution in [-0.4, -0.2) is 98.8 Å². The van der Waals surface area contributed by atoms with Gasteiger partial charge in [0, 0.05) is 78.3 Å². The van der Waals surface area contributed by atoms with Crippen LogP contribution >= 0.6 is 0 Å². The first kappa shape index (κ1) is 44.2. The van der Waals surface area contributed by atoms with Gasteiger partial charge in [-0.2, -0.15) is 9.47 Å². The van der Waals surface area contributed by atoms with E-state index in [4.69, 9.17) is 15.5 Å². The smallest absolute Gasteiger partial charge is 0.321 e. The Morgan fingerprint density at radius 1 is 0.862 bits per heavy atom. The molecule has 3 aliphatic rings. The SMILES string of the molecule is CCc1c(-c2ccc(C(=O)NCCC(=O)NCCOCCNC(=O)c3cccc(-c4nc([N+]56C(=O)CCC7C=CC(O)=C(O)C5C76)ccc4C)c3)nc2)cnc(N)c1-c1ccc(O)cc1. The molecule has 0 saturated carbocycles. The highest BCUT2D eigenvalue weighted by atomic mass is 16.5. The van der Waals surface area contributed by atoms with Crippen molar-refractivity contribution in [3.8, 4) is 39.3 Å². The van der Waals surface area contributed by atoms with Crippen LogP contribution in [0.15, 0.2) is 109 Å². The summed E-state index contributed by atoms with van der Waals surface area (Å²) in [6.07, 6.45) is 8.38. The minimum Gasteiger partial charge on any atom is -0.508 e. The number of aliphatic hydroxyl groups excluding tert-OH is 2. The Kier molecular flexibility index (Phi) is 12.7.